The summed E-state index contributed by atoms with van der Waals surface area (Å²) in [6.45, 7) is 20.0. The maximum atomic E-state index is 2.51. The van der Waals surface area contributed by atoms with Crippen molar-refractivity contribution in [1.29, 1.82) is 0 Å². The summed E-state index contributed by atoms with van der Waals surface area (Å²) in [5.41, 5.74) is 3.65. The van der Waals surface area contributed by atoms with Crippen LogP contribution in [0.15, 0.2) is 24.3 Å². The van der Waals surface area contributed by atoms with Gasteiger partial charge < -0.3 is 0 Å². The quantitative estimate of drug-likeness (QED) is 0.367. The molecule has 0 nitrogen and oxygen atoms in total. The van der Waals surface area contributed by atoms with Gasteiger partial charge in [0.1, 0.15) is 0 Å². The summed E-state index contributed by atoms with van der Waals surface area (Å²) in [6.07, 6.45) is 5.82. The fraction of sp³-hybridized carbons (Fsp3) is 0.714. The van der Waals surface area contributed by atoms with Gasteiger partial charge in [-0.1, -0.05) is 89.4 Å². The molecule has 3 heterocycles. The highest BCUT2D eigenvalue weighted by Crippen LogP contribution is 2.65. The Bertz CT molecular complexity index is 848. The van der Waals surface area contributed by atoms with Crippen LogP contribution >= 0.6 is 27.2 Å². The number of thiophene rings is 1. The molecule has 2 aliphatic rings. The SMILES string of the molecule is CC(C)[C@H]1CC[C@H](C(C)C)P1c1sc2ccccc2c1P1[C@@H](C(C)C)CC[C@@H]1C(C)C. The zero-order valence-electron chi connectivity index (χ0n) is 21.1. The molecule has 2 aliphatic heterocycles. The van der Waals surface area contributed by atoms with Crippen LogP contribution in [0.25, 0.3) is 10.1 Å². The van der Waals surface area contributed by atoms with E-state index >= 15 is 0 Å². The van der Waals surface area contributed by atoms with E-state index in [1.165, 1.54) is 25.7 Å². The molecule has 4 atom stereocenters. The Kier molecular flexibility index (Phi) is 7.58. The summed E-state index contributed by atoms with van der Waals surface area (Å²) in [5.74, 6) is 3.23. The lowest BCUT2D eigenvalue weighted by atomic mass is 10.0. The van der Waals surface area contributed by atoms with Crippen LogP contribution in [0.5, 0.6) is 0 Å². The Morgan fingerprint density at radius 1 is 0.645 bits per heavy atom. The molecule has 0 spiro atoms. The molecule has 4 rings (SSSR count). The van der Waals surface area contributed by atoms with Gasteiger partial charge in [0.15, 0.2) is 0 Å². The third-order valence-corrected chi connectivity index (χ3v) is 18.2. The van der Waals surface area contributed by atoms with E-state index < -0.39 is 0 Å². The van der Waals surface area contributed by atoms with Crippen LogP contribution in [-0.4, -0.2) is 22.6 Å². The van der Waals surface area contributed by atoms with Gasteiger partial charge in [-0.2, -0.15) is 0 Å². The van der Waals surface area contributed by atoms with Crippen LogP contribution in [0.2, 0.25) is 0 Å². The van der Waals surface area contributed by atoms with Crippen molar-refractivity contribution in [1.82, 2.24) is 0 Å². The normalized spacial score (nSPS) is 28.4. The zero-order valence-corrected chi connectivity index (χ0v) is 23.7. The minimum absolute atomic E-state index is 0.0716. The van der Waals surface area contributed by atoms with Crippen LogP contribution < -0.4 is 9.92 Å². The highest BCUT2D eigenvalue weighted by Gasteiger charge is 2.46. The van der Waals surface area contributed by atoms with Crippen molar-refractivity contribution in [3.8, 4) is 0 Å². The van der Waals surface area contributed by atoms with Crippen LogP contribution in [0.1, 0.15) is 81.1 Å². The second-order valence-electron chi connectivity index (χ2n) is 11.5. The molecule has 0 amide bonds. The van der Waals surface area contributed by atoms with E-state index in [4.69, 9.17) is 0 Å². The largest absolute Gasteiger partial charge is 0.135 e. The van der Waals surface area contributed by atoms with Crippen molar-refractivity contribution < 1.29 is 0 Å². The van der Waals surface area contributed by atoms with Crippen LogP contribution in [0.4, 0.5) is 0 Å². The fourth-order valence-corrected chi connectivity index (χ4v) is 17.6. The van der Waals surface area contributed by atoms with E-state index in [2.05, 4.69) is 91.0 Å². The van der Waals surface area contributed by atoms with Crippen molar-refractivity contribution in [2.75, 3.05) is 0 Å². The summed E-state index contributed by atoms with van der Waals surface area (Å²) in [5, 5.41) is 3.54. The van der Waals surface area contributed by atoms with E-state index in [-0.39, 0.29) is 15.8 Å². The lowest BCUT2D eigenvalue weighted by Gasteiger charge is -2.35. The highest BCUT2D eigenvalue weighted by atomic mass is 32.1. The lowest BCUT2D eigenvalue weighted by molar-refractivity contribution is 0.543. The molecule has 1 aromatic carbocycles. The molecular formula is C28H44P2S. The Labute approximate surface area is 198 Å². The molecule has 2 saturated heterocycles. The number of rotatable bonds is 6. The number of benzene rings is 1. The molecule has 2 fully saturated rings. The predicted octanol–water partition coefficient (Wildman–Crippen LogP) is 8.80. The van der Waals surface area contributed by atoms with Crippen LogP contribution in [-0.2, 0) is 0 Å². The average Bonchev–Trinajstić information content (AvgIpc) is 3.40. The molecule has 3 heteroatoms. The van der Waals surface area contributed by atoms with Gasteiger partial charge in [0.25, 0.3) is 0 Å². The summed E-state index contributed by atoms with van der Waals surface area (Å²) in [6, 6.07) is 9.49. The van der Waals surface area contributed by atoms with Crippen molar-refractivity contribution in [3.63, 3.8) is 0 Å². The van der Waals surface area contributed by atoms with Gasteiger partial charge in [-0.15, -0.1) is 11.3 Å². The number of hydrogen-bond donors (Lipinski definition) is 0. The Morgan fingerprint density at radius 2 is 1.06 bits per heavy atom. The van der Waals surface area contributed by atoms with Gasteiger partial charge in [0, 0.05) is 20.0 Å². The van der Waals surface area contributed by atoms with Gasteiger partial charge in [0.2, 0.25) is 0 Å². The topological polar surface area (TPSA) is 0 Å². The Balaban J connectivity index is 1.94. The zero-order chi connectivity index (χ0) is 22.4. The van der Waals surface area contributed by atoms with Gasteiger partial charge in [0.05, 0.1) is 0 Å². The molecule has 0 unspecified atom stereocenters. The lowest BCUT2D eigenvalue weighted by Crippen LogP contribution is -2.31. The maximum Gasteiger partial charge on any atom is 0.0373 e. The van der Waals surface area contributed by atoms with Gasteiger partial charge in [-0.3, -0.25) is 0 Å². The summed E-state index contributed by atoms with van der Waals surface area (Å²) >= 11 is 2.22. The second kappa shape index (κ2) is 9.72. The van der Waals surface area contributed by atoms with Gasteiger partial charge in [-0.05, 0) is 78.1 Å². The minimum Gasteiger partial charge on any atom is -0.135 e. The van der Waals surface area contributed by atoms with Crippen LogP contribution in [0, 0.1) is 23.7 Å². The first-order valence-corrected chi connectivity index (χ1v) is 16.6. The second-order valence-corrected chi connectivity index (χ2v) is 18.0. The van der Waals surface area contributed by atoms with Crippen molar-refractivity contribution in [3.05, 3.63) is 24.3 Å². The first-order chi connectivity index (χ1) is 14.7. The summed E-state index contributed by atoms with van der Waals surface area (Å²) in [4.78, 5) is 0. The number of hydrogen-bond acceptors (Lipinski definition) is 1. The van der Waals surface area contributed by atoms with Gasteiger partial charge >= 0.3 is 0 Å². The molecule has 31 heavy (non-hydrogen) atoms. The molecule has 2 aromatic rings. The Hall–Kier alpha value is 0.0400. The minimum atomic E-state index is -0.0957. The first kappa shape index (κ1) is 24.2. The molecule has 172 valence electrons. The van der Waals surface area contributed by atoms with E-state index in [1.807, 2.05) is 9.92 Å². The van der Waals surface area contributed by atoms with Crippen molar-refractivity contribution >= 4 is 47.2 Å². The van der Waals surface area contributed by atoms with Crippen molar-refractivity contribution in [2.24, 2.45) is 23.7 Å². The molecule has 0 saturated carbocycles. The Morgan fingerprint density at radius 3 is 1.52 bits per heavy atom. The van der Waals surface area contributed by atoms with E-state index in [0.717, 1.165) is 46.3 Å². The van der Waals surface area contributed by atoms with Crippen LogP contribution in [0.3, 0.4) is 0 Å². The molecule has 0 radical (unpaired) electrons. The monoisotopic (exact) mass is 474 g/mol. The van der Waals surface area contributed by atoms with Crippen molar-refractivity contribution in [2.45, 2.75) is 104 Å². The maximum absolute atomic E-state index is 2.51. The predicted molar refractivity (Wildman–Crippen MR) is 148 cm³/mol. The highest BCUT2D eigenvalue weighted by molar-refractivity contribution is 7.79. The third-order valence-electron chi connectivity index (χ3n) is 8.07. The summed E-state index contributed by atoms with van der Waals surface area (Å²) < 4.78 is 3.47. The number of fused-ring (bicyclic) bond motifs is 1. The van der Waals surface area contributed by atoms with E-state index in [9.17, 15) is 0 Å². The average molecular weight is 475 g/mol. The molecular weight excluding hydrogens is 430 g/mol. The fourth-order valence-electron chi connectivity index (χ4n) is 6.43. The molecule has 1 aromatic heterocycles. The van der Waals surface area contributed by atoms with E-state index in [0.29, 0.717) is 0 Å². The molecule has 0 aliphatic carbocycles. The van der Waals surface area contributed by atoms with Gasteiger partial charge in [-0.25, -0.2) is 0 Å². The molecule has 0 N–H and O–H groups in total. The third kappa shape index (κ3) is 4.43. The smallest absolute Gasteiger partial charge is 0.0373 e. The standard InChI is InChI=1S/C28H44P2S/c1-17(2)22-13-14-23(18(3)4)29(22)27-21-11-9-10-12-26(21)31-28(27)30-24(19(5)6)15-16-25(30)20(7)8/h9-12,17-20,22-25H,13-16H2,1-8H3/t22-,23-,24-,25-/m1/s1. The summed E-state index contributed by atoms with van der Waals surface area (Å²) in [7, 11) is -0.167. The van der Waals surface area contributed by atoms with E-state index in [1.54, 1.807) is 10.1 Å². The first-order valence-electron chi connectivity index (χ1n) is 12.8. The molecule has 0 bridgehead atoms.